The van der Waals surface area contributed by atoms with Crippen LogP contribution in [0.3, 0.4) is 0 Å². The van der Waals surface area contributed by atoms with E-state index in [2.05, 4.69) is 38.7 Å². The largest absolute Gasteiger partial charge is 0.481 e. The molecule has 8 heteroatoms. The fourth-order valence-electron chi connectivity index (χ4n) is 5.62. The summed E-state index contributed by atoms with van der Waals surface area (Å²) in [5.74, 6) is -0.475. The highest BCUT2D eigenvalue weighted by atomic mass is 16.5. The van der Waals surface area contributed by atoms with Gasteiger partial charge >= 0.3 is 5.97 Å². The van der Waals surface area contributed by atoms with Gasteiger partial charge in [0.2, 0.25) is 5.91 Å². The zero-order valence-electron chi connectivity index (χ0n) is 20.5. The maximum Gasteiger partial charge on any atom is 0.307 e. The molecule has 34 heavy (non-hydrogen) atoms. The molecule has 0 aromatic carbocycles. The normalized spacial score (nSPS) is 27.8. The quantitative estimate of drug-likeness (QED) is 0.711. The molecule has 2 saturated carbocycles. The fourth-order valence-corrected chi connectivity index (χ4v) is 5.62. The van der Waals surface area contributed by atoms with E-state index in [9.17, 15) is 20.0 Å². The van der Waals surface area contributed by atoms with Gasteiger partial charge in [0, 0.05) is 37.5 Å². The van der Waals surface area contributed by atoms with Gasteiger partial charge in [0.05, 0.1) is 41.3 Å². The number of carboxylic acid groups (broad SMARTS) is 1. The van der Waals surface area contributed by atoms with Gasteiger partial charge in [0.25, 0.3) is 0 Å². The number of aromatic nitrogens is 1. The summed E-state index contributed by atoms with van der Waals surface area (Å²) < 4.78 is 6.09. The Bertz CT molecular complexity index is 1070. The maximum absolute atomic E-state index is 13.1. The molecule has 1 aromatic rings. The zero-order chi connectivity index (χ0) is 24.4. The first-order valence-electron chi connectivity index (χ1n) is 12.5. The van der Waals surface area contributed by atoms with E-state index in [1.165, 1.54) is 0 Å². The van der Waals surface area contributed by atoms with E-state index in [1.807, 2.05) is 4.90 Å². The number of piperazine rings is 1. The Balaban J connectivity index is 1.46. The van der Waals surface area contributed by atoms with Crippen molar-refractivity contribution in [1.29, 1.82) is 5.26 Å². The summed E-state index contributed by atoms with van der Waals surface area (Å²) in [4.78, 5) is 33.6. The van der Waals surface area contributed by atoms with Crippen LogP contribution in [0.4, 0.5) is 5.82 Å². The first-order valence-corrected chi connectivity index (χ1v) is 12.5. The number of amides is 1. The van der Waals surface area contributed by atoms with E-state index in [-0.39, 0.29) is 23.5 Å². The number of fused-ring (bicyclic) bond motifs is 1. The Morgan fingerprint density at radius 1 is 1.21 bits per heavy atom. The second-order valence-corrected chi connectivity index (χ2v) is 11.3. The Morgan fingerprint density at radius 3 is 2.53 bits per heavy atom. The standard InChI is InChI=1S/C26H34N4O4/c1-14(2)21-12-29(7-8-30(21)24(31)16-9-17(16)25(32)33)23-19(11-27)18-10-26(3,4)34-13-20(18)22(28-23)15-5-6-15/h14-17,21H,5-10,12-13H2,1-4H3,(H,32,33). The third-order valence-electron chi connectivity index (χ3n) is 7.91. The SMILES string of the molecule is CC(C)C1CN(c2nc(C3CC3)c3c(c2C#N)CC(C)(C)OC3)CCN1C(=O)C1CC1C(=O)O. The van der Waals surface area contributed by atoms with Crippen molar-refractivity contribution in [3.63, 3.8) is 0 Å². The number of rotatable bonds is 5. The predicted octanol–water partition coefficient (Wildman–Crippen LogP) is 3.08. The van der Waals surface area contributed by atoms with E-state index in [4.69, 9.17) is 9.72 Å². The summed E-state index contributed by atoms with van der Waals surface area (Å²) in [6, 6.07) is 2.41. The van der Waals surface area contributed by atoms with E-state index in [0.717, 1.165) is 35.5 Å². The van der Waals surface area contributed by atoms with Gasteiger partial charge in [-0.1, -0.05) is 13.8 Å². The molecular weight excluding hydrogens is 432 g/mol. The molecule has 1 N–H and O–H groups in total. The maximum atomic E-state index is 13.1. The van der Waals surface area contributed by atoms with Crippen LogP contribution in [-0.2, 0) is 27.4 Å². The fraction of sp³-hybridized carbons (Fsp3) is 0.692. The Labute approximate surface area is 200 Å². The van der Waals surface area contributed by atoms with Crippen LogP contribution in [0.15, 0.2) is 0 Å². The molecule has 0 bridgehead atoms. The third-order valence-corrected chi connectivity index (χ3v) is 7.91. The molecule has 5 rings (SSSR count). The number of hydrogen-bond donors (Lipinski definition) is 1. The smallest absolute Gasteiger partial charge is 0.307 e. The molecule has 3 heterocycles. The van der Waals surface area contributed by atoms with Gasteiger partial charge in [0.1, 0.15) is 11.9 Å². The lowest BCUT2D eigenvalue weighted by Gasteiger charge is -2.45. The molecule has 3 fully saturated rings. The summed E-state index contributed by atoms with van der Waals surface area (Å²) in [6.45, 7) is 10.5. The summed E-state index contributed by atoms with van der Waals surface area (Å²) in [6.07, 6.45) is 3.37. The summed E-state index contributed by atoms with van der Waals surface area (Å²) in [5.41, 5.74) is 3.58. The van der Waals surface area contributed by atoms with Crippen LogP contribution in [0.2, 0.25) is 0 Å². The number of aliphatic carboxylic acids is 1. The zero-order valence-corrected chi connectivity index (χ0v) is 20.5. The van der Waals surface area contributed by atoms with Gasteiger partial charge in [-0.3, -0.25) is 9.59 Å². The molecule has 3 unspecified atom stereocenters. The van der Waals surface area contributed by atoms with E-state index >= 15 is 0 Å². The van der Waals surface area contributed by atoms with E-state index < -0.39 is 17.8 Å². The van der Waals surface area contributed by atoms with E-state index in [0.29, 0.717) is 50.6 Å². The van der Waals surface area contributed by atoms with Gasteiger partial charge in [-0.2, -0.15) is 5.26 Å². The molecule has 3 atom stereocenters. The average Bonchev–Trinajstić information content (AvgIpc) is 3.69. The van der Waals surface area contributed by atoms with Crippen LogP contribution in [0.5, 0.6) is 0 Å². The van der Waals surface area contributed by atoms with Crippen molar-refractivity contribution >= 4 is 17.7 Å². The number of carbonyl (C=O) groups excluding carboxylic acids is 1. The van der Waals surface area contributed by atoms with Crippen LogP contribution >= 0.6 is 0 Å². The first-order chi connectivity index (χ1) is 16.1. The number of nitrogens with zero attached hydrogens (tertiary/aromatic N) is 4. The Morgan fingerprint density at radius 2 is 1.94 bits per heavy atom. The number of carbonyl (C=O) groups is 2. The summed E-state index contributed by atoms with van der Waals surface area (Å²) in [7, 11) is 0. The number of carboxylic acids is 1. The number of anilines is 1. The lowest BCUT2D eigenvalue weighted by Crippen LogP contribution is -2.58. The minimum atomic E-state index is -0.880. The number of pyridine rings is 1. The Hall–Kier alpha value is -2.66. The van der Waals surface area contributed by atoms with Crippen molar-refractivity contribution in [1.82, 2.24) is 9.88 Å². The topological polar surface area (TPSA) is 107 Å². The molecule has 8 nitrogen and oxygen atoms in total. The summed E-state index contributed by atoms with van der Waals surface area (Å²) >= 11 is 0. The van der Waals surface area contributed by atoms with Gasteiger partial charge in [0.15, 0.2) is 0 Å². The molecule has 1 aromatic heterocycles. The molecule has 1 saturated heterocycles. The molecule has 2 aliphatic heterocycles. The van der Waals surface area contributed by atoms with E-state index in [1.54, 1.807) is 0 Å². The van der Waals surface area contributed by atoms with Crippen LogP contribution in [0.25, 0.3) is 0 Å². The number of nitriles is 1. The highest BCUT2D eigenvalue weighted by molar-refractivity contribution is 5.90. The van der Waals surface area contributed by atoms with Crippen molar-refractivity contribution in [2.75, 3.05) is 24.5 Å². The van der Waals surface area contributed by atoms with Gasteiger partial charge < -0.3 is 19.6 Å². The van der Waals surface area contributed by atoms with Gasteiger partial charge in [-0.05, 0) is 44.6 Å². The predicted molar refractivity (Wildman–Crippen MR) is 125 cm³/mol. The number of ether oxygens (including phenoxy) is 1. The van der Waals surface area contributed by atoms with Crippen LogP contribution in [0.1, 0.15) is 75.3 Å². The highest BCUT2D eigenvalue weighted by Crippen LogP contribution is 2.46. The average molecular weight is 467 g/mol. The molecule has 0 spiro atoms. The van der Waals surface area contributed by atoms with Crippen molar-refractivity contribution < 1.29 is 19.4 Å². The van der Waals surface area contributed by atoms with Crippen molar-refractivity contribution in [2.24, 2.45) is 17.8 Å². The van der Waals surface area contributed by atoms with Crippen molar-refractivity contribution in [3.05, 3.63) is 22.4 Å². The minimum Gasteiger partial charge on any atom is -0.481 e. The van der Waals surface area contributed by atoms with Crippen LogP contribution in [-0.4, -0.2) is 58.1 Å². The molecular formula is C26H34N4O4. The molecule has 2 aliphatic carbocycles. The summed E-state index contributed by atoms with van der Waals surface area (Å²) in [5, 5.41) is 19.5. The second kappa shape index (κ2) is 8.23. The molecule has 182 valence electrons. The second-order valence-electron chi connectivity index (χ2n) is 11.3. The Kier molecular flexibility index (Phi) is 5.59. The highest BCUT2D eigenvalue weighted by Gasteiger charge is 2.51. The minimum absolute atomic E-state index is 0.0396. The number of hydrogen-bond acceptors (Lipinski definition) is 6. The monoisotopic (exact) mass is 466 g/mol. The van der Waals surface area contributed by atoms with Crippen molar-refractivity contribution in [3.8, 4) is 6.07 Å². The lowest BCUT2D eigenvalue weighted by atomic mass is 9.87. The lowest BCUT2D eigenvalue weighted by molar-refractivity contribution is -0.143. The van der Waals surface area contributed by atoms with Crippen LogP contribution in [0, 0.1) is 29.1 Å². The van der Waals surface area contributed by atoms with Gasteiger partial charge in [-0.25, -0.2) is 4.98 Å². The third kappa shape index (κ3) is 4.04. The van der Waals surface area contributed by atoms with Gasteiger partial charge in [-0.15, -0.1) is 0 Å². The molecule has 1 amide bonds. The molecule has 0 radical (unpaired) electrons. The molecule has 4 aliphatic rings. The van der Waals surface area contributed by atoms with Crippen molar-refractivity contribution in [2.45, 2.75) is 77.5 Å². The first kappa shape index (κ1) is 23.1. The van der Waals surface area contributed by atoms with Crippen LogP contribution < -0.4 is 4.90 Å².